The Morgan fingerprint density at radius 1 is 1.33 bits per heavy atom. The largest absolute Gasteiger partial charge is 1.00 e. The van der Waals surface area contributed by atoms with Crippen LogP contribution in [0, 0.1) is 0 Å². The maximum absolute atomic E-state index is 2.42. The molecule has 0 spiro atoms. The molecule has 0 aromatic heterocycles. The van der Waals surface area contributed by atoms with E-state index in [9.17, 15) is 0 Å². The molecule has 0 heterocycles. The number of rotatable bonds is 2. The third kappa shape index (κ3) is 3.96. The van der Waals surface area contributed by atoms with Crippen LogP contribution in [0.3, 0.4) is 0 Å². The Balaban J connectivity index is 0.000000980. The van der Waals surface area contributed by atoms with Gasteiger partial charge in [-0.1, -0.05) is 0 Å². The van der Waals surface area contributed by atoms with Gasteiger partial charge in [0.25, 0.3) is 0 Å². The topological polar surface area (TPSA) is 0 Å². The Morgan fingerprint density at radius 3 is 2.53 bits per heavy atom. The van der Waals surface area contributed by atoms with Gasteiger partial charge in [0.2, 0.25) is 0 Å². The Kier molecular flexibility index (Phi) is 6.21. The predicted molar refractivity (Wildman–Crippen MR) is 53.1 cm³/mol. The zero-order chi connectivity index (χ0) is 9.31. The molecule has 2 aliphatic carbocycles. The van der Waals surface area contributed by atoms with Gasteiger partial charge in [-0.3, -0.25) is 0 Å². The molecule has 0 aliphatic heterocycles. The smallest absolute Gasteiger partial charge is 1.00 e. The summed E-state index contributed by atoms with van der Waals surface area (Å²) in [6.45, 7) is 4.55. The quantitative estimate of drug-likeness (QED) is 0.494. The van der Waals surface area contributed by atoms with Gasteiger partial charge >= 0.3 is 89.0 Å². The van der Waals surface area contributed by atoms with Crippen LogP contribution < -0.4 is 24.8 Å². The molecule has 0 fully saturated rings. The van der Waals surface area contributed by atoms with E-state index in [-0.39, 0.29) is 44.0 Å². The average Bonchev–Trinajstić information content (AvgIpc) is 2.62. The zero-order valence-corrected chi connectivity index (χ0v) is 12.0. The maximum Gasteiger partial charge on any atom is -1.00 e. The van der Waals surface area contributed by atoms with Crippen molar-refractivity contribution in [2.75, 3.05) is 0 Å². The Labute approximate surface area is 113 Å². The summed E-state index contributed by atoms with van der Waals surface area (Å²) in [5.41, 5.74) is 1.43. The minimum atomic E-state index is 0. The van der Waals surface area contributed by atoms with E-state index in [0.717, 1.165) is 0 Å². The molecule has 15 heavy (non-hydrogen) atoms. The molecule has 0 saturated carbocycles. The number of allylic oxidation sites excluding steroid dienone is 8. The summed E-state index contributed by atoms with van der Waals surface area (Å²) in [5.74, 6) is 0. The second-order valence-corrected chi connectivity index (χ2v) is 7.03. The van der Waals surface area contributed by atoms with Crippen molar-refractivity contribution < 1.29 is 44.0 Å². The average molecular weight is 277 g/mol. The van der Waals surface area contributed by atoms with E-state index in [4.69, 9.17) is 0 Å². The fourth-order valence-electron chi connectivity index (χ4n) is 1.84. The van der Waals surface area contributed by atoms with Crippen LogP contribution in [0.2, 0.25) is 3.72 Å². The number of hydrogen-bond donors (Lipinski definition) is 0. The SMILES string of the molecule is CC1=C[C](C)([Ti+2][C]2=CC=CC2)C=C1.[Cl-].[Cl-]. The van der Waals surface area contributed by atoms with Gasteiger partial charge in [-0.25, -0.2) is 0 Å². The van der Waals surface area contributed by atoms with E-state index in [1.54, 1.807) is 3.88 Å². The monoisotopic (exact) mass is 276 g/mol. The van der Waals surface area contributed by atoms with Crippen molar-refractivity contribution in [1.82, 2.24) is 0 Å². The molecule has 80 valence electrons. The minimum absolute atomic E-state index is 0. The third-order valence-electron chi connectivity index (χ3n) is 2.42. The van der Waals surface area contributed by atoms with Crippen molar-refractivity contribution in [2.45, 2.75) is 24.0 Å². The van der Waals surface area contributed by atoms with Crippen LogP contribution in [0.4, 0.5) is 0 Å². The van der Waals surface area contributed by atoms with Crippen LogP contribution in [-0.2, 0) is 19.2 Å². The second kappa shape index (κ2) is 6.10. The molecule has 3 heteroatoms. The molecule has 0 bridgehead atoms. The zero-order valence-electron chi connectivity index (χ0n) is 8.93. The molecular weight excluding hydrogens is 263 g/mol. The van der Waals surface area contributed by atoms with Crippen molar-refractivity contribution >= 4 is 0 Å². The molecule has 0 aromatic rings. The van der Waals surface area contributed by atoms with Crippen molar-refractivity contribution in [3.05, 3.63) is 45.9 Å². The first-order chi connectivity index (χ1) is 6.18. The van der Waals surface area contributed by atoms with Crippen LogP contribution in [0.1, 0.15) is 20.3 Å². The maximum atomic E-state index is 2.42. The van der Waals surface area contributed by atoms with E-state index in [0.29, 0.717) is 3.72 Å². The van der Waals surface area contributed by atoms with Gasteiger partial charge in [0, 0.05) is 0 Å². The fourth-order valence-corrected chi connectivity index (χ4v) is 4.27. The summed E-state index contributed by atoms with van der Waals surface area (Å²) in [4.78, 5) is 0. The molecule has 0 radical (unpaired) electrons. The number of halogens is 2. The van der Waals surface area contributed by atoms with E-state index in [2.05, 4.69) is 50.3 Å². The standard InChI is InChI=1S/C7H9.C5H5.2ClH.Ti/c1-6-3-4-7(2)5-6;1-2-4-5-3-1;;;/h3-5H,1-2H3;1-3H,4H2;2*1H;/q;;;;+2/p-2. The van der Waals surface area contributed by atoms with Crippen LogP contribution in [-0.4, -0.2) is 0 Å². The number of hydrogen-bond acceptors (Lipinski definition) is 0. The van der Waals surface area contributed by atoms with Crippen molar-refractivity contribution in [1.29, 1.82) is 0 Å². The molecule has 0 amide bonds. The van der Waals surface area contributed by atoms with Gasteiger partial charge in [-0.2, -0.15) is 0 Å². The van der Waals surface area contributed by atoms with Crippen molar-refractivity contribution in [3.63, 3.8) is 0 Å². The fraction of sp³-hybridized carbons (Fsp3) is 0.333. The Morgan fingerprint density at radius 2 is 2.07 bits per heavy atom. The molecule has 2 rings (SSSR count). The van der Waals surface area contributed by atoms with Crippen LogP contribution >= 0.6 is 0 Å². The molecular formula is C12H14Cl2Ti. The van der Waals surface area contributed by atoms with Crippen LogP contribution in [0.15, 0.2) is 45.9 Å². The molecule has 1 unspecified atom stereocenters. The van der Waals surface area contributed by atoms with Gasteiger partial charge in [-0.05, 0) is 0 Å². The van der Waals surface area contributed by atoms with Gasteiger partial charge < -0.3 is 24.8 Å². The van der Waals surface area contributed by atoms with E-state index in [1.807, 2.05) is 0 Å². The first-order valence-electron chi connectivity index (χ1n) is 4.71. The van der Waals surface area contributed by atoms with Crippen LogP contribution in [0.25, 0.3) is 0 Å². The van der Waals surface area contributed by atoms with Gasteiger partial charge in [0.1, 0.15) is 0 Å². The summed E-state index contributed by atoms with van der Waals surface area (Å²) in [7, 11) is 0. The van der Waals surface area contributed by atoms with Crippen molar-refractivity contribution in [2.24, 2.45) is 0 Å². The first-order valence-corrected chi connectivity index (χ1v) is 6.27. The summed E-state index contributed by atoms with van der Waals surface area (Å²) in [5, 5.41) is 0. The third-order valence-corrected chi connectivity index (χ3v) is 4.83. The molecule has 0 N–H and O–H groups in total. The van der Waals surface area contributed by atoms with Gasteiger partial charge in [-0.15, -0.1) is 0 Å². The summed E-state index contributed by atoms with van der Waals surface area (Å²) < 4.78 is 2.08. The summed E-state index contributed by atoms with van der Waals surface area (Å²) in [6, 6.07) is 0. The summed E-state index contributed by atoms with van der Waals surface area (Å²) >= 11 is 0.00167. The second-order valence-electron chi connectivity index (χ2n) is 3.95. The first kappa shape index (κ1) is 15.3. The normalized spacial score (nSPS) is 26.3. The molecule has 0 nitrogen and oxygen atoms in total. The summed E-state index contributed by atoms with van der Waals surface area (Å²) in [6.07, 6.45) is 15.0. The Bertz CT molecular complexity index is 340. The van der Waals surface area contributed by atoms with Gasteiger partial charge in [0.15, 0.2) is 0 Å². The van der Waals surface area contributed by atoms with Gasteiger partial charge in [0.05, 0.1) is 0 Å². The van der Waals surface area contributed by atoms with E-state index < -0.39 is 0 Å². The van der Waals surface area contributed by atoms with Crippen molar-refractivity contribution in [3.8, 4) is 0 Å². The van der Waals surface area contributed by atoms with Crippen LogP contribution in [0.5, 0.6) is 0 Å². The molecule has 0 aromatic carbocycles. The Hall–Kier alpha value is 0.254. The van der Waals surface area contributed by atoms with E-state index >= 15 is 0 Å². The molecule has 0 saturated heterocycles. The predicted octanol–water partition coefficient (Wildman–Crippen LogP) is -2.38. The van der Waals surface area contributed by atoms with E-state index in [1.165, 1.54) is 12.0 Å². The molecule has 1 atom stereocenters. The molecule has 2 aliphatic rings. The minimum Gasteiger partial charge on any atom is -1.00 e.